The van der Waals surface area contributed by atoms with Crippen molar-refractivity contribution >= 4 is 27.6 Å². The van der Waals surface area contributed by atoms with E-state index in [0.717, 1.165) is 25.7 Å². The number of carbonyl (C=O) groups is 1. The van der Waals surface area contributed by atoms with Gasteiger partial charge in [-0.25, -0.2) is 0 Å². The molecule has 0 N–H and O–H groups in total. The second-order valence-electron chi connectivity index (χ2n) is 4.35. The fourth-order valence-electron chi connectivity index (χ4n) is 1.74. The number of rotatable bonds is 8. The molecular formula is C14H17BrNO4. The SMILES string of the molecule is CC(=O)OCCCCC[CH]c1ccc(Br)cc1[N+](=O)[O-]. The van der Waals surface area contributed by atoms with Crippen LogP contribution in [0.2, 0.25) is 0 Å². The van der Waals surface area contributed by atoms with Gasteiger partial charge in [-0.3, -0.25) is 14.9 Å². The molecule has 5 nitrogen and oxygen atoms in total. The van der Waals surface area contributed by atoms with Crippen molar-refractivity contribution in [3.63, 3.8) is 0 Å². The number of esters is 1. The zero-order valence-electron chi connectivity index (χ0n) is 11.3. The molecule has 0 aliphatic rings. The molecule has 1 aromatic rings. The van der Waals surface area contributed by atoms with Crippen LogP contribution in [0.3, 0.4) is 0 Å². The third-order valence-corrected chi connectivity index (χ3v) is 3.20. The summed E-state index contributed by atoms with van der Waals surface area (Å²) in [4.78, 5) is 21.1. The predicted octanol–water partition coefficient (Wildman–Crippen LogP) is 4.03. The standard InChI is InChI=1S/C14H17BrNO4/c1-11(17)20-9-5-3-2-4-6-12-7-8-13(15)10-14(12)16(18)19/h6-8,10H,2-5,9H2,1H3. The first kappa shape index (κ1) is 16.6. The zero-order chi connectivity index (χ0) is 15.0. The van der Waals surface area contributed by atoms with Gasteiger partial charge in [0.25, 0.3) is 5.69 Å². The van der Waals surface area contributed by atoms with Gasteiger partial charge in [0.05, 0.1) is 11.5 Å². The summed E-state index contributed by atoms with van der Waals surface area (Å²) in [5.74, 6) is -0.262. The number of hydrogen-bond donors (Lipinski definition) is 0. The van der Waals surface area contributed by atoms with Gasteiger partial charge in [0.15, 0.2) is 0 Å². The normalized spacial score (nSPS) is 10.3. The molecule has 0 unspecified atom stereocenters. The molecular weight excluding hydrogens is 326 g/mol. The van der Waals surface area contributed by atoms with Crippen molar-refractivity contribution in [2.24, 2.45) is 0 Å². The molecule has 0 aromatic heterocycles. The van der Waals surface area contributed by atoms with Gasteiger partial charge in [-0.2, -0.15) is 0 Å². The Bertz CT molecular complexity index is 476. The molecule has 0 aliphatic heterocycles. The van der Waals surface area contributed by atoms with Gasteiger partial charge in [-0.05, 0) is 25.3 Å². The summed E-state index contributed by atoms with van der Waals surface area (Å²) in [6.45, 7) is 1.83. The summed E-state index contributed by atoms with van der Waals surface area (Å²) < 4.78 is 5.52. The first-order chi connectivity index (χ1) is 9.50. The minimum absolute atomic E-state index is 0.110. The Morgan fingerprint density at radius 2 is 2.15 bits per heavy atom. The van der Waals surface area contributed by atoms with Gasteiger partial charge >= 0.3 is 5.97 Å². The van der Waals surface area contributed by atoms with Gasteiger partial charge in [0.2, 0.25) is 0 Å². The van der Waals surface area contributed by atoms with Crippen molar-refractivity contribution in [3.05, 3.63) is 44.8 Å². The Kier molecular flexibility index (Phi) is 7.22. The molecule has 6 heteroatoms. The molecule has 0 atom stereocenters. The third kappa shape index (κ3) is 6.14. The average Bonchev–Trinajstić information content (AvgIpc) is 2.38. The van der Waals surface area contributed by atoms with Gasteiger partial charge in [-0.1, -0.05) is 34.8 Å². The highest BCUT2D eigenvalue weighted by Crippen LogP contribution is 2.26. The quantitative estimate of drug-likeness (QED) is 0.309. The van der Waals surface area contributed by atoms with Crippen LogP contribution >= 0.6 is 15.9 Å². The smallest absolute Gasteiger partial charge is 0.302 e. The van der Waals surface area contributed by atoms with E-state index < -0.39 is 0 Å². The van der Waals surface area contributed by atoms with Crippen molar-refractivity contribution in [2.45, 2.75) is 32.6 Å². The molecule has 0 spiro atoms. The zero-order valence-corrected chi connectivity index (χ0v) is 12.9. The van der Waals surface area contributed by atoms with Crippen molar-refractivity contribution in [3.8, 4) is 0 Å². The number of nitrogens with zero attached hydrogens (tertiary/aromatic N) is 1. The van der Waals surface area contributed by atoms with Crippen LogP contribution in [0.15, 0.2) is 22.7 Å². The van der Waals surface area contributed by atoms with Crippen LogP contribution in [0.1, 0.15) is 38.2 Å². The summed E-state index contributed by atoms with van der Waals surface area (Å²) in [6, 6.07) is 5.03. The van der Waals surface area contributed by atoms with Crippen molar-refractivity contribution in [1.82, 2.24) is 0 Å². The molecule has 0 heterocycles. The number of unbranched alkanes of at least 4 members (excludes halogenated alkanes) is 3. The molecule has 1 radical (unpaired) electrons. The number of hydrogen-bond acceptors (Lipinski definition) is 4. The van der Waals surface area contributed by atoms with Crippen LogP contribution in [0.4, 0.5) is 5.69 Å². The maximum absolute atomic E-state index is 10.9. The highest BCUT2D eigenvalue weighted by Gasteiger charge is 2.13. The van der Waals surface area contributed by atoms with Gasteiger partial charge in [0, 0.05) is 23.0 Å². The molecule has 0 aliphatic carbocycles. The Labute approximate surface area is 126 Å². The molecule has 1 aromatic carbocycles. The second-order valence-corrected chi connectivity index (χ2v) is 5.27. The number of halogens is 1. The Balaban J connectivity index is 2.32. The lowest BCUT2D eigenvalue weighted by molar-refractivity contribution is -0.385. The maximum atomic E-state index is 10.9. The van der Waals surface area contributed by atoms with E-state index in [-0.39, 0.29) is 16.6 Å². The largest absolute Gasteiger partial charge is 0.466 e. The fourth-order valence-corrected chi connectivity index (χ4v) is 2.09. The van der Waals surface area contributed by atoms with E-state index >= 15 is 0 Å². The number of nitro groups is 1. The number of carbonyl (C=O) groups excluding carboxylic acids is 1. The summed E-state index contributed by atoms with van der Waals surface area (Å²) >= 11 is 3.23. The minimum Gasteiger partial charge on any atom is -0.466 e. The Morgan fingerprint density at radius 3 is 2.80 bits per heavy atom. The minimum atomic E-state index is -0.378. The van der Waals surface area contributed by atoms with E-state index in [1.54, 1.807) is 12.1 Å². The molecule has 109 valence electrons. The lowest BCUT2D eigenvalue weighted by Gasteiger charge is -2.04. The van der Waals surface area contributed by atoms with E-state index in [1.165, 1.54) is 13.0 Å². The van der Waals surface area contributed by atoms with Crippen molar-refractivity contribution < 1.29 is 14.5 Å². The van der Waals surface area contributed by atoms with Crippen LogP contribution in [-0.4, -0.2) is 17.5 Å². The molecule has 0 fully saturated rings. The monoisotopic (exact) mass is 342 g/mol. The first-order valence-electron chi connectivity index (χ1n) is 6.41. The van der Waals surface area contributed by atoms with E-state index in [4.69, 9.17) is 4.74 Å². The number of ether oxygens (including phenoxy) is 1. The second kappa shape index (κ2) is 8.68. The van der Waals surface area contributed by atoms with Crippen LogP contribution in [-0.2, 0) is 9.53 Å². The molecule has 0 saturated heterocycles. The summed E-state index contributed by atoms with van der Waals surface area (Å²) in [7, 11) is 0. The molecule has 0 bridgehead atoms. The van der Waals surface area contributed by atoms with Gasteiger partial charge < -0.3 is 4.74 Å². The van der Waals surface area contributed by atoms with Crippen LogP contribution < -0.4 is 0 Å². The Morgan fingerprint density at radius 1 is 1.40 bits per heavy atom. The lowest BCUT2D eigenvalue weighted by Crippen LogP contribution is -2.00. The highest BCUT2D eigenvalue weighted by molar-refractivity contribution is 9.10. The van der Waals surface area contributed by atoms with Crippen LogP contribution in [0.25, 0.3) is 0 Å². The highest BCUT2D eigenvalue weighted by atomic mass is 79.9. The number of benzene rings is 1. The van der Waals surface area contributed by atoms with Crippen molar-refractivity contribution in [1.29, 1.82) is 0 Å². The fraction of sp³-hybridized carbons (Fsp3) is 0.429. The maximum Gasteiger partial charge on any atom is 0.302 e. The summed E-state index contributed by atoms with van der Waals surface area (Å²) in [5.41, 5.74) is 0.748. The van der Waals surface area contributed by atoms with Crippen LogP contribution in [0.5, 0.6) is 0 Å². The predicted molar refractivity (Wildman–Crippen MR) is 79.3 cm³/mol. The van der Waals surface area contributed by atoms with E-state index in [1.807, 2.05) is 6.42 Å². The topological polar surface area (TPSA) is 69.4 Å². The first-order valence-corrected chi connectivity index (χ1v) is 7.20. The lowest BCUT2D eigenvalue weighted by atomic mass is 10.0. The van der Waals surface area contributed by atoms with E-state index in [2.05, 4.69) is 15.9 Å². The van der Waals surface area contributed by atoms with E-state index in [9.17, 15) is 14.9 Å². The Hall–Kier alpha value is -1.43. The summed E-state index contributed by atoms with van der Waals surface area (Å²) in [6.07, 6.45) is 5.29. The average molecular weight is 343 g/mol. The van der Waals surface area contributed by atoms with Gasteiger partial charge in [-0.15, -0.1) is 0 Å². The molecule has 1 rings (SSSR count). The van der Waals surface area contributed by atoms with Gasteiger partial charge in [0.1, 0.15) is 0 Å². The van der Waals surface area contributed by atoms with E-state index in [0.29, 0.717) is 16.6 Å². The van der Waals surface area contributed by atoms with Crippen LogP contribution in [0, 0.1) is 16.5 Å². The van der Waals surface area contributed by atoms with Crippen molar-refractivity contribution in [2.75, 3.05) is 6.61 Å². The molecule has 0 amide bonds. The third-order valence-electron chi connectivity index (χ3n) is 2.71. The molecule has 20 heavy (non-hydrogen) atoms. The molecule has 0 saturated carbocycles. The number of nitro benzene ring substituents is 1. The summed E-state index contributed by atoms with van der Waals surface area (Å²) in [5, 5.41) is 10.9.